The zero-order chi connectivity index (χ0) is 12.1. The van der Waals surface area contributed by atoms with Crippen molar-refractivity contribution < 1.29 is 0 Å². The summed E-state index contributed by atoms with van der Waals surface area (Å²) in [4.78, 5) is 2.31. The van der Waals surface area contributed by atoms with Crippen LogP contribution in [0.3, 0.4) is 0 Å². The van der Waals surface area contributed by atoms with Gasteiger partial charge in [-0.2, -0.15) is 0 Å². The molecule has 0 saturated heterocycles. The van der Waals surface area contributed by atoms with Crippen LogP contribution < -0.4 is 0 Å². The molecule has 0 radical (unpaired) electrons. The van der Waals surface area contributed by atoms with E-state index in [-0.39, 0.29) is 0 Å². The lowest BCUT2D eigenvalue weighted by molar-refractivity contribution is 0.271. The third kappa shape index (κ3) is 3.85. The molecule has 0 aromatic heterocycles. The van der Waals surface area contributed by atoms with Gasteiger partial charge in [-0.3, -0.25) is 0 Å². The maximum Gasteiger partial charge on any atom is -0.00222 e. The standard InChI is InChI=1S/C16H25N/c1-17(2)12-11-14-7-6-10-16(13-14)15-8-4-3-5-9-15/h3-5,8-9,14,16H,6-7,10-13H2,1-2H3. The average molecular weight is 231 g/mol. The number of hydrogen-bond acceptors (Lipinski definition) is 1. The van der Waals surface area contributed by atoms with Crippen molar-refractivity contribution in [3.63, 3.8) is 0 Å². The topological polar surface area (TPSA) is 3.24 Å². The Hall–Kier alpha value is -0.820. The minimum atomic E-state index is 0.817. The Balaban J connectivity index is 1.89. The molecular formula is C16H25N. The predicted molar refractivity (Wildman–Crippen MR) is 74.3 cm³/mol. The molecule has 1 nitrogen and oxygen atoms in total. The van der Waals surface area contributed by atoms with E-state index >= 15 is 0 Å². The Morgan fingerprint density at radius 3 is 2.59 bits per heavy atom. The largest absolute Gasteiger partial charge is 0.309 e. The van der Waals surface area contributed by atoms with Crippen LogP contribution in [0.25, 0.3) is 0 Å². The quantitative estimate of drug-likeness (QED) is 0.759. The molecule has 2 rings (SSSR count). The maximum absolute atomic E-state index is 2.31. The van der Waals surface area contributed by atoms with Gasteiger partial charge in [0.15, 0.2) is 0 Å². The summed E-state index contributed by atoms with van der Waals surface area (Å²) in [5.74, 6) is 1.76. The zero-order valence-corrected chi connectivity index (χ0v) is 11.2. The summed E-state index contributed by atoms with van der Waals surface area (Å²) in [6.07, 6.45) is 7.02. The highest BCUT2D eigenvalue weighted by Gasteiger charge is 2.22. The van der Waals surface area contributed by atoms with E-state index in [0.717, 1.165) is 11.8 Å². The van der Waals surface area contributed by atoms with Crippen LogP contribution in [0, 0.1) is 5.92 Å². The SMILES string of the molecule is CN(C)CCC1CCCC(c2ccccc2)C1. The molecule has 0 aliphatic heterocycles. The molecule has 2 unspecified atom stereocenters. The Morgan fingerprint density at radius 2 is 1.88 bits per heavy atom. The zero-order valence-electron chi connectivity index (χ0n) is 11.2. The van der Waals surface area contributed by atoms with Crippen LogP contribution in [-0.4, -0.2) is 25.5 Å². The van der Waals surface area contributed by atoms with Gasteiger partial charge in [0, 0.05) is 0 Å². The fourth-order valence-corrected chi connectivity index (χ4v) is 3.02. The third-order valence-electron chi connectivity index (χ3n) is 4.04. The first-order chi connectivity index (χ1) is 8.25. The van der Waals surface area contributed by atoms with Gasteiger partial charge in [0.05, 0.1) is 0 Å². The van der Waals surface area contributed by atoms with E-state index in [9.17, 15) is 0 Å². The van der Waals surface area contributed by atoms with E-state index in [0.29, 0.717) is 0 Å². The van der Waals surface area contributed by atoms with Gasteiger partial charge < -0.3 is 4.90 Å². The number of rotatable bonds is 4. The fourth-order valence-electron chi connectivity index (χ4n) is 3.02. The van der Waals surface area contributed by atoms with Crippen molar-refractivity contribution in [3.05, 3.63) is 35.9 Å². The Bertz CT molecular complexity index is 318. The second-order valence-electron chi connectivity index (χ2n) is 5.73. The minimum Gasteiger partial charge on any atom is -0.309 e. The molecule has 94 valence electrons. The molecule has 1 saturated carbocycles. The van der Waals surface area contributed by atoms with Crippen molar-refractivity contribution in [3.8, 4) is 0 Å². The maximum atomic E-state index is 2.31. The molecule has 17 heavy (non-hydrogen) atoms. The first-order valence-electron chi connectivity index (χ1n) is 6.95. The van der Waals surface area contributed by atoms with Crippen molar-refractivity contribution in [2.75, 3.05) is 20.6 Å². The van der Waals surface area contributed by atoms with Crippen LogP contribution in [0.15, 0.2) is 30.3 Å². The Labute approximate surface area is 106 Å². The number of nitrogens with zero attached hydrogens (tertiary/aromatic N) is 1. The second-order valence-corrected chi connectivity index (χ2v) is 5.73. The molecule has 0 spiro atoms. The van der Waals surface area contributed by atoms with E-state index in [4.69, 9.17) is 0 Å². The van der Waals surface area contributed by atoms with Gasteiger partial charge in [-0.05, 0) is 57.3 Å². The molecule has 1 aromatic rings. The first-order valence-corrected chi connectivity index (χ1v) is 6.95. The normalized spacial score (nSPS) is 25.1. The number of hydrogen-bond donors (Lipinski definition) is 0. The van der Waals surface area contributed by atoms with E-state index < -0.39 is 0 Å². The van der Waals surface area contributed by atoms with Crippen LogP contribution in [0.5, 0.6) is 0 Å². The molecular weight excluding hydrogens is 206 g/mol. The van der Waals surface area contributed by atoms with Crippen LogP contribution in [0.1, 0.15) is 43.6 Å². The Kier molecular flexibility index (Phi) is 4.61. The molecule has 0 amide bonds. The van der Waals surface area contributed by atoms with Crippen LogP contribution in [0.4, 0.5) is 0 Å². The summed E-state index contributed by atoms with van der Waals surface area (Å²) in [5.41, 5.74) is 1.56. The van der Waals surface area contributed by atoms with E-state index in [2.05, 4.69) is 49.3 Å². The lowest BCUT2D eigenvalue weighted by Gasteiger charge is -2.30. The Morgan fingerprint density at radius 1 is 1.12 bits per heavy atom. The van der Waals surface area contributed by atoms with Gasteiger partial charge in [-0.15, -0.1) is 0 Å². The van der Waals surface area contributed by atoms with Gasteiger partial charge in [0.2, 0.25) is 0 Å². The summed E-state index contributed by atoms with van der Waals surface area (Å²) in [5, 5.41) is 0. The minimum absolute atomic E-state index is 0.817. The van der Waals surface area contributed by atoms with Gasteiger partial charge in [0.25, 0.3) is 0 Å². The average Bonchev–Trinajstić information content (AvgIpc) is 2.38. The molecule has 1 heteroatoms. The van der Waals surface area contributed by atoms with Crippen LogP contribution in [0.2, 0.25) is 0 Å². The lowest BCUT2D eigenvalue weighted by atomic mass is 9.77. The summed E-state index contributed by atoms with van der Waals surface area (Å²) in [7, 11) is 4.36. The molecule has 0 N–H and O–H groups in total. The lowest BCUT2D eigenvalue weighted by Crippen LogP contribution is -2.20. The molecule has 0 heterocycles. The molecule has 2 atom stereocenters. The van der Waals surface area contributed by atoms with E-state index in [1.165, 1.54) is 38.6 Å². The molecule has 0 bridgehead atoms. The smallest absolute Gasteiger partial charge is 0.00222 e. The fraction of sp³-hybridized carbons (Fsp3) is 0.625. The third-order valence-corrected chi connectivity index (χ3v) is 4.04. The van der Waals surface area contributed by atoms with Crippen molar-refractivity contribution in [1.82, 2.24) is 4.90 Å². The summed E-state index contributed by atoms with van der Waals surface area (Å²) < 4.78 is 0. The van der Waals surface area contributed by atoms with Crippen molar-refractivity contribution in [2.24, 2.45) is 5.92 Å². The molecule has 1 aliphatic rings. The molecule has 1 aliphatic carbocycles. The molecule has 1 aromatic carbocycles. The highest BCUT2D eigenvalue weighted by Crippen LogP contribution is 2.37. The van der Waals surface area contributed by atoms with E-state index in [1.54, 1.807) is 5.56 Å². The van der Waals surface area contributed by atoms with Gasteiger partial charge in [-0.1, -0.05) is 43.2 Å². The van der Waals surface area contributed by atoms with Gasteiger partial charge in [0.1, 0.15) is 0 Å². The van der Waals surface area contributed by atoms with Crippen molar-refractivity contribution in [1.29, 1.82) is 0 Å². The second kappa shape index (κ2) is 6.20. The first kappa shape index (κ1) is 12.6. The van der Waals surface area contributed by atoms with E-state index in [1.807, 2.05) is 0 Å². The van der Waals surface area contributed by atoms with Crippen LogP contribution in [-0.2, 0) is 0 Å². The van der Waals surface area contributed by atoms with Crippen LogP contribution >= 0.6 is 0 Å². The van der Waals surface area contributed by atoms with Crippen molar-refractivity contribution >= 4 is 0 Å². The van der Waals surface area contributed by atoms with Gasteiger partial charge in [-0.25, -0.2) is 0 Å². The summed E-state index contributed by atoms with van der Waals surface area (Å²) in [6.45, 7) is 1.24. The summed E-state index contributed by atoms with van der Waals surface area (Å²) >= 11 is 0. The summed E-state index contributed by atoms with van der Waals surface area (Å²) in [6, 6.07) is 11.1. The highest BCUT2D eigenvalue weighted by atomic mass is 15.0. The van der Waals surface area contributed by atoms with Gasteiger partial charge >= 0.3 is 0 Å². The predicted octanol–water partition coefficient (Wildman–Crippen LogP) is 3.91. The monoisotopic (exact) mass is 231 g/mol. The highest BCUT2D eigenvalue weighted by molar-refractivity contribution is 5.19. The van der Waals surface area contributed by atoms with Crippen molar-refractivity contribution in [2.45, 2.75) is 38.0 Å². The molecule has 1 fully saturated rings. The number of benzene rings is 1.